The Morgan fingerprint density at radius 1 is 1.29 bits per heavy atom. The summed E-state index contributed by atoms with van der Waals surface area (Å²) in [6, 6.07) is 3.20. The number of H-pyrrole nitrogens is 1. The number of halogens is 4. The van der Waals surface area contributed by atoms with E-state index in [0.29, 0.717) is 0 Å². The van der Waals surface area contributed by atoms with E-state index >= 15 is 0 Å². The fourth-order valence-corrected chi connectivity index (χ4v) is 1.74. The summed E-state index contributed by atoms with van der Waals surface area (Å²) >= 11 is 2.96. The molecule has 0 aliphatic rings. The molecule has 0 saturated heterocycles. The fourth-order valence-electron chi connectivity index (χ4n) is 1.24. The number of hydrogen-bond donors (Lipinski definition) is 1. The average Bonchev–Trinajstić information content (AvgIpc) is 2.62. The predicted molar refractivity (Wildman–Crippen MR) is 55.3 cm³/mol. The van der Waals surface area contributed by atoms with E-state index in [0.717, 1.165) is 12.1 Å². The highest BCUT2D eigenvalue weighted by atomic mass is 79.9. The first-order chi connectivity index (χ1) is 7.86. The molecule has 2 rings (SSSR count). The molecule has 0 aliphatic heterocycles. The zero-order valence-electron chi connectivity index (χ0n) is 8.01. The molecule has 90 valence electrons. The molecule has 0 bridgehead atoms. The third kappa shape index (κ3) is 2.57. The Morgan fingerprint density at radius 3 is 2.53 bits per heavy atom. The van der Waals surface area contributed by atoms with Gasteiger partial charge in [0, 0.05) is 10.0 Å². The van der Waals surface area contributed by atoms with Crippen molar-refractivity contribution in [1.29, 1.82) is 0 Å². The minimum absolute atomic E-state index is 0.0539. The molecule has 2 aromatic rings. The smallest absolute Gasteiger partial charge is 0.296 e. The largest absolute Gasteiger partial charge is 0.439 e. The second-order valence-corrected chi connectivity index (χ2v) is 4.09. The zero-order valence-corrected chi connectivity index (χ0v) is 9.59. The first-order valence-corrected chi connectivity index (χ1v) is 5.10. The number of nitrogens with one attached hydrogen (secondary N) is 1. The normalized spacial score (nSPS) is 11.8. The quantitative estimate of drug-likeness (QED) is 0.881. The summed E-state index contributed by atoms with van der Waals surface area (Å²) in [7, 11) is 0. The Kier molecular flexibility index (Phi) is 2.82. The lowest BCUT2D eigenvalue weighted by molar-refractivity contribution is -0.137. The van der Waals surface area contributed by atoms with Gasteiger partial charge in [-0.05, 0) is 18.2 Å². The summed E-state index contributed by atoms with van der Waals surface area (Å²) < 4.78 is 42.1. The van der Waals surface area contributed by atoms with E-state index in [1.54, 1.807) is 0 Å². The predicted octanol–water partition coefficient (Wildman–Crippen LogP) is 2.81. The van der Waals surface area contributed by atoms with Gasteiger partial charge in [0.15, 0.2) is 5.82 Å². The topological polar surface area (TPSA) is 58.9 Å². The van der Waals surface area contributed by atoms with Gasteiger partial charge in [0.1, 0.15) is 0 Å². The van der Waals surface area contributed by atoms with Gasteiger partial charge in [0.25, 0.3) is 0 Å². The molecule has 0 atom stereocenters. The molecule has 0 saturated carbocycles. The van der Waals surface area contributed by atoms with Crippen LogP contribution in [0.2, 0.25) is 0 Å². The second kappa shape index (κ2) is 4.02. The maximum absolute atomic E-state index is 12.5. The van der Waals surface area contributed by atoms with Crippen LogP contribution in [0.5, 0.6) is 0 Å². The maximum Gasteiger partial charge on any atom is 0.439 e. The van der Waals surface area contributed by atoms with Gasteiger partial charge >= 0.3 is 11.9 Å². The lowest BCUT2D eigenvalue weighted by Crippen LogP contribution is -2.05. The molecule has 1 N–H and O–H groups in total. The molecule has 0 unspecified atom stereocenters. The number of aromatic amines is 1. The van der Waals surface area contributed by atoms with Crippen LogP contribution in [0.25, 0.3) is 11.4 Å². The van der Waals surface area contributed by atoms with E-state index in [1.165, 1.54) is 6.07 Å². The summed E-state index contributed by atoms with van der Waals surface area (Å²) in [5.74, 6) is -0.879. The van der Waals surface area contributed by atoms with E-state index < -0.39 is 17.5 Å². The highest BCUT2D eigenvalue weighted by Crippen LogP contribution is 2.33. The van der Waals surface area contributed by atoms with E-state index in [-0.39, 0.29) is 15.9 Å². The molecule has 4 nitrogen and oxygen atoms in total. The van der Waals surface area contributed by atoms with Crippen molar-refractivity contribution < 1.29 is 17.7 Å². The molecule has 1 heterocycles. The maximum atomic E-state index is 12.5. The summed E-state index contributed by atoms with van der Waals surface area (Å²) in [4.78, 5) is 12.9. The first-order valence-electron chi connectivity index (χ1n) is 4.30. The number of rotatable bonds is 1. The van der Waals surface area contributed by atoms with Crippen molar-refractivity contribution in [2.24, 2.45) is 0 Å². The number of hydrogen-bond acceptors (Lipinski definition) is 3. The monoisotopic (exact) mass is 308 g/mol. The molecule has 0 fully saturated rings. The number of aromatic nitrogens is 2. The van der Waals surface area contributed by atoms with Gasteiger partial charge in [0.2, 0.25) is 0 Å². The molecule has 1 aromatic heterocycles. The summed E-state index contributed by atoms with van der Waals surface area (Å²) in [6.07, 6.45) is -4.47. The van der Waals surface area contributed by atoms with Crippen LogP contribution in [0.4, 0.5) is 13.2 Å². The van der Waals surface area contributed by atoms with Crippen molar-refractivity contribution in [2.75, 3.05) is 0 Å². The summed E-state index contributed by atoms with van der Waals surface area (Å²) in [6.45, 7) is 0. The minimum atomic E-state index is -4.47. The van der Waals surface area contributed by atoms with Gasteiger partial charge in [-0.25, -0.2) is 4.79 Å². The van der Waals surface area contributed by atoms with Gasteiger partial charge in [-0.15, -0.1) is 0 Å². The third-order valence-corrected chi connectivity index (χ3v) is 2.40. The molecule has 0 amide bonds. The average molecular weight is 309 g/mol. The highest BCUT2D eigenvalue weighted by Gasteiger charge is 2.31. The van der Waals surface area contributed by atoms with Crippen LogP contribution in [0.15, 0.2) is 32.0 Å². The summed E-state index contributed by atoms with van der Waals surface area (Å²) in [5.41, 5.74) is -0.733. The Morgan fingerprint density at radius 2 is 2.00 bits per heavy atom. The lowest BCUT2D eigenvalue weighted by Gasteiger charge is -2.08. The molecular weight excluding hydrogens is 305 g/mol. The molecule has 0 spiro atoms. The minimum Gasteiger partial charge on any atom is -0.296 e. The number of nitrogens with zero attached hydrogens (tertiary/aromatic N) is 1. The van der Waals surface area contributed by atoms with Gasteiger partial charge in [-0.1, -0.05) is 21.1 Å². The van der Waals surface area contributed by atoms with Crippen LogP contribution in [0.1, 0.15) is 5.56 Å². The van der Waals surface area contributed by atoms with Crippen LogP contribution in [0, 0.1) is 0 Å². The Labute approximate surface area is 101 Å². The fraction of sp³-hybridized carbons (Fsp3) is 0.111. The Bertz CT molecular complexity index is 603. The highest BCUT2D eigenvalue weighted by molar-refractivity contribution is 9.10. The lowest BCUT2D eigenvalue weighted by atomic mass is 10.1. The Balaban J connectivity index is 2.56. The van der Waals surface area contributed by atoms with Crippen LogP contribution >= 0.6 is 15.9 Å². The SMILES string of the molecule is O=c1[nH]c(-c2cc(Br)cc(C(F)(F)F)c2)no1. The van der Waals surface area contributed by atoms with Crippen molar-refractivity contribution in [3.8, 4) is 11.4 Å². The van der Waals surface area contributed by atoms with E-state index in [1.807, 2.05) is 0 Å². The molecule has 0 aliphatic carbocycles. The van der Waals surface area contributed by atoms with Crippen LogP contribution in [-0.2, 0) is 6.18 Å². The van der Waals surface area contributed by atoms with Crippen molar-refractivity contribution in [2.45, 2.75) is 6.18 Å². The van der Waals surface area contributed by atoms with Crippen molar-refractivity contribution in [3.63, 3.8) is 0 Å². The van der Waals surface area contributed by atoms with Crippen LogP contribution < -0.4 is 5.76 Å². The number of benzene rings is 1. The number of alkyl halides is 3. The van der Waals surface area contributed by atoms with Crippen molar-refractivity contribution in [1.82, 2.24) is 10.1 Å². The van der Waals surface area contributed by atoms with Gasteiger partial charge in [-0.3, -0.25) is 9.51 Å². The molecule has 0 radical (unpaired) electrons. The van der Waals surface area contributed by atoms with E-state index in [4.69, 9.17) is 0 Å². The van der Waals surface area contributed by atoms with Crippen LogP contribution in [-0.4, -0.2) is 10.1 Å². The van der Waals surface area contributed by atoms with Gasteiger partial charge in [-0.2, -0.15) is 13.2 Å². The van der Waals surface area contributed by atoms with Gasteiger partial charge in [0.05, 0.1) is 5.56 Å². The zero-order chi connectivity index (χ0) is 12.6. The molecule has 17 heavy (non-hydrogen) atoms. The van der Waals surface area contributed by atoms with Crippen molar-refractivity contribution in [3.05, 3.63) is 38.8 Å². The Hall–Kier alpha value is -1.57. The third-order valence-electron chi connectivity index (χ3n) is 1.94. The summed E-state index contributed by atoms with van der Waals surface area (Å²) in [5, 5.41) is 3.32. The van der Waals surface area contributed by atoms with E-state index in [2.05, 4.69) is 30.6 Å². The molecule has 8 heteroatoms. The molecular formula is C9H4BrF3N2O2. The second-order valence-electron chi connectivity index (χ2n) is 3.17. The molecule has 1 aromatic carbocycles. The van der Waals surface area contributed by atoms with E-state index in [9.17, 15) is 18.0 Å². The van der Waals surface area contributed by atoms with Gasteiger partial charge < -0.3 is 0 Å². The standard InChI is InChI=1S/C9H4BrF3N2O2/c10-6-2-4(7-14-8(16)17-15-7)1-5(3-6)9(11,12)13/h1-3H,(H,14,15,16). The first kappa shape index (κ1) is 11.9. The van der Waals surface area contributed by atoms with Crippen molar-refractivity contribution >= 4 is 15.9 Å². The van der Waals surface area contributed by atoms with Crippen LogP contribution in [0.3, 0.4) is 0 Å².